The number of nitrogens with one attached hydrogen (secondary N) is 3. The van der Waals surface area contributed by atoms with Crippen molar-refractivity contribution in [2.24, 2.45) is 0 Å². The first-order valence-electron chi connectivity index (χ1n) is 10.3. The average molecular weight is 452 g/mol. The molecule has 1 aromatic carbocycles. The van der Waals surface area contributed by atoms with Gasteiger partial charge in [0, 0.05) is 23.1 Å². The van der Waals surface area contributed by atoms with Gasteiger partial charge in [0.25, 0.3) is 5.91 Å². The maximum Gasteiger partial charge on any atom is 0.263 e. The van der Waals surface area contributed by atoms with E-state index in [0.717, 1.165) is 22.6 Å². The van der Waals surface area contributed by atoms with Crippen LogP contribution in [-0.4, -0.2) is 44.4 Å². The molecule has 0 bridgehead atoms. The summed E-state index contributed by atoms with van der Waals surface area (Å²) < 4.78 is 16.1. The lowest BCUT2D eigenvalue weighted by Crippen LogP contribution is -2.29. The Bertz CT molecular complexity index is 1190. The fraction of sp³-hybridized carbons (Fsp3) is 0.261. The Hall–Kier alpha value is -3.17. The van der Waals surface area contributed by atoms with E-state index in [1.54, 1.807) is 18.3 Å². The van der Waals surface area contributed by atoms with Gasteiger partial charge in [0.05, 0.1) is 30.0 Å². The maximum atomic E-state index is 14.1. The molecule has 3 aromatic rings. The van der Waals surface area contributed by atoms with E-state index >= 15 is 0 Å². The fourth-order valence-electron chi connectivity index (χ4n) is 3.81. The molecular weight excluding hydrogens is 429 g/mol. The molecule has 7 nitrogen and oxygen atoms in total. The Morgan fingerprint density at radius 1 is 1.22 bits per heavy atom. The van der Waals surface area contributed by atoms with Crippen LogP contribution >= 0.6 is 11.9 Å². The Morgan fingerprint density at radius 3 is 2.72 bits per heavy atom. The summed E-state index contributed by atoms with van der Waals surface area (Å²) in [6.07, 6.45) is 3.98. The molecule has 1 amide bonds. The molecule has 1 aliphatic heterocycles. The van der Waals surface area contributed by atoms with Crippen LogP contribution in [-0.2, 0) is 11.3 Å². The number of halogens is 1. The highest BCUT2D eigenvalue weighted by molar-refractivity contribution is 7.96. The molecule has 32 heavy (non-hydrogen) atoms. The molecule has 164 valence electrons. The number of benzene rings is 1. The number of hydrogen-bond acceptors (Lipinski definition) is 6. The van der Waals surface area contributed by atoms with Crippen LogP contribution in [0.25, 0.3) is 11.3 Å². The predicted molar refractivity (Wildman–Crippen MR) is 124 cm³/mol. The molecule has 0 radical (unpaired) electrons. The highest BCUT2D eigenvalue weighted by Crippen LogP contribution is 2.41. The number of pyridine rings is 1. The van der Waals surface area contributed by atoms with Crippen LogP contribution in [0, 0.1) is 0 Å². The number of Topliss-reactive ketones (excluding diaryl/α,β-unsaturated/α-hetero) is 1. The number of H-pyrrole nitrogens is 1. The summed E-state index contributed by atoms with van der Waals surface area (Å²) >= 11 is 1.52. The molecule has 3 heterocycles. The molecular formula is C23H22FN5O2S. The molecule has 2 aliphatic rings. The molecule has 9 heteroatoms. The first-order valence-corrected chi connectivity index (χ1v) is 11.5. The van der Waals surface area contributed by atoms with Crippen LogP contribution in [0.2, 0.25) is 0 Å². The number of para-hydroxylation sites is 1. The smallest absolute Gasteiger partial charge is 0.263 e. The third-order valence-corrected chi connectivity index (χ3v) is 6.47. The normalized spacial score (nSPS) is 17.0. The van der Waals surface area contributed by atoms with Crippen molar-refractivity contribution in [3.8, 4) is 11.3 Å². The minimum Gasteiger partial charge on any atom is -0.355 e. The standard InChI is InChI=1S/C23H22FN5O2S/c1-32-29-12-16-19(17(30)13-29)21(26-15-5-3-2-4-6-15)20(27-16)14-7-10-25-18(11-14)28-22(31)23(24)8-9-23/h2-7,10-11,26-27H,8-9,12-13H2,1H3,(H,25,28,31). The van der Waals surface area contributed by atoms with Gasteiger partial charge in [-0.2, -0.15) is 0 Å². The summed E-state index contributed by atoms with van der Waals surface area (Å²) in [6.45, 7) is 0.927. The van der Waals surface area contributed by atoms with E-state index in [2.05, 4.69) is 20.6 Å². The molecule has 0 spiro atoms. The number of alkyl halides is 1. The van der Waals surface area contributed by atoms with Gasteiger partial charge in [0.15, 0.2) is 11.5 Å². The first-order chi connectivity index (χ1) is 15.5. The Morgan fingerprint density at radius 2 is 2.00 bits per heavy atom. The van der Waals surface area contributed by atoms with Crippen molar-refractivity contribution in [3.63, 3.8) is 0 Å². The SMILES string of the molecule is CSN1CC(=O)c2c([nH]c(-c3ccnc(NC(=O)C4(F)CC4)c3)c2Nc2ccccc2)C1. The summed E-state index contributed by atoms with van der Waals surface area (Å²) in [6, 6.07) is 13.1. The van der Waals surface area contributed by atoms with Gasteiger partial charge in [-0.05, 0) is 43.4 Å². The summed E-state index contributed by atoms with van der Waals surface area (Å²) in [5.74, 6) is -0.370. The summed E-state index contributed by atoms with van der Waals surface area (Å²) in [4.78, 5) is 32.7. The van der Waals surface area contributed by atoms with Crippen molar-refractivity contribution >= 4 is 40.8 Å². The Labute approximate surface area is 188 Å². The van der Waals surface area contributed by atoms with Crippen molar-refractivity contribution in [2.75, 3.05) is 23.4 Å². The van der Waals surface area contributed by atoms with Crippen LogP contribution in [0.15, 0.2) is 48.7 Å². The van der Waals surface area contributed by atoms with Crippen LogP contribution < -0.4 is 10.6 Å². The first kappa shape index (κ1) is 20.7. The van der Waals surface area contributed by atoms with Crippen molar-refractivity contribution in [1.29, 1.82) is 0 Å². The monoisotopic (exact) mass is 451 g/mol. The molecule has 1 fully saturated rings. The number of amides is 1. The number of aromatic nitrogens is 2. The molecule has 5 rings (SSSR count). The van der Waals surface area contributed by atoms with E-state index in [-0.39, 0.29) is 24.4 Å². The van der Waals surface area contributed by atoms with Gasteiger partial charge in [-0.25, -0.2) is 13.7 Å². The lowest BCUT2D eigenvalue weighted by Gasteiger charge is -2.23. The predicted octanol–water partition coefficient (Wildman–Crippen LogP) is 4.54. The number of ketones is 1. The molecule has 0 saturated heterocycles. The van der Waals surface area contributed by atoms with Crippen molar-refractivity contribution in [3.05, 3.63) is 59.9 Å². The molecule has 2 aromatic heterocycles. The number of hydrogen-bond donors (Lipinski definition) is 3. The molecule has 1 saturated carbocycles. The van der Waals surface area contributed by atoms with Gasteiger partial charge >= 0.3 is 0 Å². The maximum absolute atomic E-state index is 14.1. The summed E-state index contributed by atoms with van der Waals surface area (Å²) in [5, 5.41) is 5.96. The topological polar surface area (TPSA) is 90.1 Å². The van der Waals surface area contributed by atoms with Gasteiger partial charge < -0.3 is 15.6 Å². The van der Waals surface area contributed by atoms with Gasteiger partial charge in [-0.3, -0.25) is 9.59 Å². The van der Waals surface area contributed by atoms with E-state index in [1.165, 1.54) is 11.9 Å². The van der Waals surface area contributed by atoms with Crippen molar-refractivity contribution in [2.45, 2.75) is 25.1 Å². The van der Waals surface area contributed by atoms with Gasteiger partial charge in [0.2, 0.25) is 0 Å². The highest BCUT2D eigenvalue weighted by atomic mass is 32.2. The Kier molecular flexibility index (Phi) is 5.22. The number of carbonyl (C=O) groups excluding carboxylic acids is 2. The van der Waals surface area contributed by atoms with Gasteiger partial charge in [0.1, 0.15) is 5.82 Å². The lowest BCUT2D eigenvalue weighted by atomic mass is 10.0. The van der Waals surface area contributed by atoms with Crippen LogP contribution in [0.3, 0.4) is 0 Å². The number of rotatable bonds is 6. The second-order valence-electron chi connectivity index (χ2n) is 7.97. The lowest BCUT2D eigenvalue weighted by molar-refractivity contribution is -0.122. The fourth-order valence-corrected chi connectivity index (χ4v) is 4.31. The molecule has 0 unspecified atom stereocenters. The number of fused-ring (bicyclic) bond motifs is 1. The van der Waals surface area contributed by atoms with E-state index < -0.39 is 11.6 Å². The van der Waals surface area contributed by atoms with Crippen LogP contribution in [0.4, 0.5) is 21.6 Å². The summed E-state index contributed by atoms with van der Waals surface area (Å²) in [7, 11) is 0. The second kappa shape index (κ2) is 8.07. The molecule has 1 aliphatic carbocycles. The van der Waals surface area contributed by atoms with Gasteiger partial charge in [-0.1, -0.05) is 30.1 Å². The van der Waals surface area contributed by atoms with Gasteiger partial charge in [-0.15, -0.1) is 0 Å². The van der Waals surface area contributed by atoms with Crippen molar-refractivity contribution in [1.82, 2.24) is 14.3 Å². The second-order valence-corrected chi connectivity index (χ2v) is 8.85. The zero-order chi connectivity index (χ0) is 22.3. The minimum absolute atomic E-state index is 0.0252. The third-order valence-electron chi connectivity index (χ3n) is 5.70. The quantitative estimate of drug-likeness (QED) is 0.477. The third kappa shape index (κ3) is 3.89. The largest absolute Gasteiger partial charge is 0.355 e. The minimum atomic E-state index is -1.78. The van der Waals surface area contributed by atoms with E-state index in [1.807, 2.05) is 40.9 Å². The molecule has 3 N–H and O–H groups in total. The number of nitrogens with zero attached hydrogens (tertiary/aromatic N) is 2. The highest BCUT2D eigenvalue weighted by Gasteiger charge is 2.51. The summed E-state index contributed by atoms with van der Waals surface area (Å²) in [5.41, 5.74) is 2.67. The van der Waals surface area contributed by atoms with Crippen LogP contribution in [0.5, 0.6) is 0 Å². The van der Waals surface area contributed by atoms with E-state index in [0.29, 0.717) is 24.3 Å². The molecule has 0 atom stereocenters. The van der Waals surface area contributed by atoms with Crippen LogP contribution in [0.1, 0.15) is 28.9 Å². The average Bonchev–Trinajstić information content (AvgIpc) is 3.45. The number of anilines is 3. The number of carbonyl (C=O) groups is 2. The zero-order valence-corrected chi connectivity index (χ0v) is 18.3. The zero-order valence-electron chi connectivity index (χ0n) is 17.4. The van der Waals surface area contributed by atoms with E-state index in [4.69, 9.17) is 0 Å². The Balaban J connectivity index is 1.55. The van der Waals surface area contributed by atoms with Crippen molar-refractivity contribution < 1.29 is 14.0 Å². The number of aromatic amines is 1. The van der Waals surface area contributed by atoms with E-state index in [9.17, 15) is 14.0 Å².